The van der Waals surface area contributed by atoms with Gasteiger partial charge in [-0.25, -0.2) is 0 Å². The van der Waals surface area contributed by atoms with Crippen LogP contribution in [0.5, 0.6) is 0 Å². The third kappa shape index (κ3) is 15.7. The van der Waals surface area contributed by atoms with E-state index in [0.29, 0.717) is 0 Å². The molecular formula is C4H9AlCl2O. The molecule has 48 valence electrons. The second-order valence-corrected chi connectivity index (χ2v) is 2.47. The van der Waals surface area contributed by atoms with Crippen molar-refractivity contribution in [3.8, 4) is 0 Å². The van der Waals surface area contributed by atoms with Crippen LogP contribution in [0.3, 0.4) is 0 Å². The Labute approximate surface area is 71.8 Å². The Morgan fingerprint density at radius 1 is 1.12 bits per heavy atom. The molecule has 0 saturated carbocycles. The molecule has 0 bridgehead atoms. The van der Waals surface area contributed by atoms with Crippen molar-refractivity contribution in [2.75, 3.05) is 0 Å². The quantitative estimate of drug-likeness (QED) is 0.331. The van der Waals surface area contributed by atoms with Crippen LogP contribution in [0.15, 0.2) is 0 Å². The Morgan fingerprint density at radius 2 is 1.25 bits per heavy atom. The van der Waals surface area contributed by atoms with Gasteiger partial charge in [0.2, 0.25) is 0 Å². The van der Waals surface area contributed by atoms with E-state index in [1.807, 2.05) is 20.8 Å². The van der Waals surface area contributed by atoms with Crippen LogP contribution in [0, 0.1) is 0 Å². The van der Waals surface area contributed by atoms with Crippen LogP contribution >= 0.6 is 0 Å². The molecule has 0 amide bonds. The molecule has 4 heteroatoms. The van der Waals surface area contributed by atoms with Crippen LogP contribution in [-0.4, -0.2) is 22.2 Å². The molecule has 0 rings (SSSR count). The van der Waals surface area contributed by atoms with Crippen molar-refractivity contribution in [2.45, 2.75) is 26.4 Å². The van der Waals surface area contributed by atoms with E-state index in [0.717, 1.165) is 0 Å². The van der Waals surface area contributed by atoms with Crippen LogP contribution < -0.4 is 24.8 Å². The first-order valence-electron chi connectivity index (χ1n) is 1.94. The van der Waals surface area contributed by atoms with Gasteiger partial charge in [-0.1, -0.05) is 0 Å². The summed E-state index contributed by atoms with van der Waals surface area (Å²) in [5.41, 5.74) is 0.00463. The Morgan fingerprint density at radius 3 is 1.25 bits per heavy atom. The molecule has 0 atom stereocenters. The summed E-state index contributed by atoms with van der Waals surface area (Å²) in [5, 5.41) is 0. The van der Waals surface area contributed by atoms with Gasteiger partial charge in [0.1, 0.15) is 0 Å². The van der Waals surface area contributed by atoms with Crippen LogP contribution in [0.4, 0.5) is 0 Å². The van der Waals surface area contributed by atoms with Crippen LogP contribution in [0.25, 0.3) is 0 Å². The fraction of sp³-hybridized carbons (Fsp3) is 1.00. The molecule has 0 aliphatic carbocycles. The van der Waals surface area contributed by atoms with Gasteiger partial charge in [0.05, 0.1) is 0 Å². The standard InChI is InChI=1S/C4H9O.Al.2ClH/c1-4(2,3)5;;;/h1-3H3;;2*1H/q-1;+3;;/p-2. The second-order valence-electron chi connectivity index (χ2n) is 2.23. The number of rotatable bonds is 0. The topological polar surface area (TPSA) is 9.23 Å². The molecule has 0 aromatic heterocycles. The van der Waals surface area contributed by atoms with E-state index in [1.165, 1.54) is 0 Å². The predicted octanol–water partition coefficient (Wildman–Crippen LogP) is -5.11. The van der Waals surface area contributed by atoms with Gasteiger partial charge in [-0.15, -0.1) is 0 Å². The molecule has 0 aliphatic rings. The second kappa shape index (κ2) is 6.20. The van der Waals surface area contributed by atoms with Crippen LogP contribution in [-0.2, 0) is 3.79 Å². The summed E-state index contributed by atoms with van der Waals surface area (Å²) in [6, 6.07) is 0. The van der Waals surface area contributed by atoms with Crippen molar-refractivity contribution in [3.05, 3.63) is 0 Å². The number of halogens is 2. The van der Waals surface area contributed by atoms with E-state index in [-0.39, 0.29) is 30.4 Å². The third-order valence-corrected chi connectivity index (χ3v) is 1.06. The molecule has 0 aromatic carbocycles. The zero-order chi connectivity index (χ0) is 5.21. The van der Waals surface area contributed by atoms with E-state index < -0.39 is 0 Å². The Balaban J connectivity index is -0.000000125. The molecule has 0 aromatic rings. The summed E-state index contributed by atoms with van der Waals surface area (Å²) in [6.45, 7) is 6.00. The van der Waals surface area contributed by atoms with Gasteiger partial charge in [-0.3, -0.25) is 0 Å². The maximum atomic E-state index is 4.85. The first kappa shape index (κ1) is 16.0. The van der Waals surface area contributed by atoms with E-state index >= 15 is 0 Å². The van der Waals surface area contributed by atoms with Crippen molar-refractivity contribution in [3.63, 3.8) is 0 Å². The molecule has 0 heterocycles. The summed E-state index contributed by atoms with van der Waals surface area (Å²) >= 11 is 2.22. The van der Waals surface area contributed by atoms with Crippen molar-refractivity contribution >= 4 is 16.6 Å². The van der Waals surface area contributed by atoms with Gasteiger partial charge >= 0.3 is 46.8 Å². The normalized spacial score (nSPS) is 9.12. The summed E-state index contributed by atoms with van der Waals surface area (Å²) in [4.78, 5) is 0. The summed E-state index contributed by atoms with van der Waals surface area (Å²) in [7, 11) is 0. The van der Waals surface area contributed by atoms with Gasteiger partial charge < -0.3 is 24.8 Å². The number of hydrogen-bond acceptors (Lipinski definition) is 1. The molecule has 0 saturated heterocycles. The SMILES string of the molecule is CC(C)(C)[O][Al+2].[Cl-].[Cl-]. The molecule has 1 nitrogen and oxygen atoms in total. The molecule has 0 radical (unpaired) electrons. The van der Waals surface area contributed by atoms with Gasteiger partial charge in [0, 0.05) is 0 Å². The van der Waals surface area contributed by atoms with Crippen molar-refractivity contribution < 1.29 is 28.6 Å². The van der Waals surface area contributed by atoms with Crippen molar-refractivity contribution in [1.29, 1.82) is 0 Å². The molecule has 0 fully saturated rings. The van der Waals surface area contributed by atoms with Crippen LogP contribution in [0.1, 0.15) is 20.8 Å². The summed E-state index contributed by atoms with van der Waals surface area (Å²) in [6.07, 6.45) is 0. The fourth-order valence-electron chi connectivity index (χ4n) is 0. The smallest absolute Gasteiger partial charge is 1.00 e. The first-order chi connectivity index (χ1) is 2.56. The molecular weight excluding hydrogens is 162 g/mol. The van der Waals surface area contributed by atoms with Gasteiger partial charge in [-0.2, -0.15) is 0 Å². The largest absolute Gasteiger partial charge is 1.00 e. The minimum absolute atomic E-state index is 0. The predicted molar refractivity (Wildman–Crippen MR) is 26.6 cm³/mol. The molecule has 0 spiro atoms. The molecule has 0 N–H and O–H groups in total. The maximum Gasteiger partial charge on any atom is -1.00 e. The van der Waals surface area contributed by atoms with E-state index in [1.54, 1.807) is 0 Å². The van der Waals surface area contributed by atoms with Crippen LogP contribution in [0.2, 0.25) is 0 Å². The fourth-order valence-corrected chi connectivity index (χ4v) is 0. The zero-order valence-electron chi connectivity index (χ0n) is 5.24. The van der Waals surface area contributed by atoms with E-state index in [4.69, 9.17) is 3.79 Å². The van der Waals surface area contributed by atoms with Gasteiger partial charge in [-0.05, 0) is 0 Å². The minimum atomic E-state index is 0. The average Bonchev–Trinajstić information content (AvgIpc) is 1.35. The number of hydrogen-bond donors (Lipinski definition) is 0. The Bertz CT molecular complexity index is 43.8. The zero-order valence-corrected chi connectivity index (χ0v) is 7.91. The van der Waals surface area contributed by atoms with Gasteiger partial charge in [0.15, 0.2) is 0 Å². The van der Waals surface area contributed by atoms with Crippen molar-refractivity contribution in [1.82, 2.24) is 0 Å². The van der Waals surface area contributed by atoms with E-state index in [2.05, 4.69) is 16.6 Å². The minimum Gasteiger partial charge on any atom is -1.00 e. The Kier molecular flexibility index (Phi) is 12.4. The molecule has 8 heavy (non-hydrogen) atoms. The molecule has 0 unspecified atom stereocenters. The summed E-state index contributed by atoms with van der Waals surface area (Å²) in [5.74, 6) is 0. The maximum absolute atomic E-state index is 4.85. The molecule has 0 aliphatic heterocycles. The summed E-state index contributed by atoms with van der Waals surface area (Å²) < 4.78 is 4.85. The van der Waals surface area contributed by atoms with Gasteiger partial charge in [0.25, 0.3) is 0 Å². The average molecular weight is 171 g/mol. The first-order valence-corrected chi connectivity index (χ1v) is 2.41. The monoisotopic (exact) mass is 170 g/mol. The van der Waals surface area contributed by atoms with Crippen molar-refractivity contribution in [2.24, 2.45) is 0 Å². The third-order valence-electron chi connectivity index (χ3n) is 0.354. The van der Waals surface area contributed by atoms with E-state index in [9.17, 15) is 0 Å². The Hall–Kier alpha value is 1.07.